The summed E-state index contributed by atoms with van der Waals surface area (Å²) in [5.74, 6) is -0.203. The Bertz CT molecular complexity index is 1070. The zero-order valence-electron chi connectivity index (χ0n) is 16.5. The molecule has 0 aliphatic carbocycles. The smallest absolute Gasteiger partial charge is 0.272 e. The molecule has 2 fully saturated rings. The first kappa shape index (κ1) is 18.6. The molecule has 1 atom stereocenters. The molecule has 1 N–H and O–H groups in total. The molecule has 2 saturated heterocycles. The molecule has 2 amide bonds. The summed E-state index contributed by atoms with van der Waals surface area (Å²) in [4.78, 5) is 26.7. The van der Waals surface area contributed by atoms with Crippen molar-refractivity contribution in [3.63, 3.8) is 0 Å². The molecule has 30 heavy (non-hydrogen) atoms. The summed E-state index contributed by atoms with van der Waals surface area (Å²) in [5.41, 5.74) is 2.55. The van der Waals surface area contributed by atoms with Gasteiger partial charge in [0.2, 0.25) is 5.91 Å². The number of rotatable bonds is 3. The second-order valence-electron chi connectivity index (χ2n) is 7.75. The lowest BCUT2D eigenvalue weighted by Crippen LogP contribution is -2.54. The van der Waals surface area contributed by atoms with Gasteiger partial charge in [0, 0.05) is 18.7 Å². The van der Waals surface area contributed by atoms with Crippen molar-refractivity contribution in [1.82, 2.24) is 20.0 Å². The van der Waals surface area contributed by atoms with Crippen LogP contribution >= 0.6 is 0 Å². The van der Waals surface area contributed by atoms with Crippen molar-refractivity contribution in [2.45, 2.75) is 12.0 Å². The second-order valence-corrected chi connectivity index (χ2v) is 7.75. The van der Waals surface area contributed by atoms with E-state index in [-0.39, 0.29) is 18.4 Å². The number of aromatic nitrogens is 2. The van der Waals surface area contributed by atoms with E-state index in [4.69, 9.17) is 9.84 Å². The van der Waals surface area contributed by atoms with Gasteiger partial charge >= 0.3 is 0 Å². The molecule has 1 unspecified atom stereocenters. The maximum atomic E-state index is 13.5. The van der Waals surface area contributed by atoms with Crippen LogP contribution in [0.4, 0.5) is 0 Å². The van der Waals surface area contributed by atoms with Gasteiger partial charge in [0.05, 0.1) is 17.9 Å². The predicted octanol–water partition coefficient (Wildman–Crippen LogP) is 2.27. The van der Waals surface area contributed by atoms with Crippen molar-refractivity contribution in [3.05, 3.63) is 72.4 Å². The summed E-state index contributed by atoms with van der Waals surface area (Å²) in [6.07, 6.45) is 0.698. The van der Waals surface area contributed by atoms with Gasteiger partial charge in [-0.05, 0) is 24.6 Å². The number of morpholine rings is 1. The number of nitrogens with zero attached hydrogens (tertiary/aromatic N) is 3. The standard InChI is InChI=1S/C23H22N4O3/c28-21-14-30-23(15-24-21)11-12-26(16-23)22(29)20-13-19(17-7-3-1-4-8-17)25-27(20)18-9-5-2-6-10-18/h1-10,13H,11-12,14-16H2,(H,24,28). The number of hydrogen-bond donors (Lipinski definition) is 1. The van der Waals surface area contributed by atoms with Crippen LogP contribution in [0, 0.1) is 0 Å². The molecule has 3 aromatic rings. The fraction of sp³-hybridized carbons (Fsp3) is 0.261. The first-order chi connectivity index (χ1) is 14.6. The minimum Gasteiger partial charge on any atom is -0.361 e. The third-order valence-corrected chi connectivity index (χ3v) is 5.72. The maximum Gasteiger partial charge on any atom is 0.272 e. The number of para-hydroxylation sites is 1. The van der Waals surface area contributed by atoms with E-state index in [9.17, 15) is 9.59 Å². The van der Waals surface area contributed by atoms with Gasteiger partial charge in [0.25, 0.3) is 5.91 Å². The highest BCUT2D eigenvalue weighted by Crippen LogP contribution is 2.29. The highest BCUT2D eigenvalue weighted by molar-refractivity contribution is 5.94. The van der Waals surface area contributed by atoms with Crippen molar-refractivity contribution in [3.8, 4) is 16.9 Å². The number of likely N-dealkylation sites (tertiary alicyclic amines) is 1. The minimum atomic E-state index is -0.497. The summed E-state index contributed by atoms with van der Waals surface area (Å²) >= 11 is 0. The molecule has 3 heterocycles. The SMILES string of the molecule is O=C1COC2(CCN(C(=O)c3cc(-c4ccccc4)nn3-c3ccccc3)C2)CN1. The maximum absolute atomic E-state index is 13.5. The first-order valence-corrected chi connectivity index (χ1v) is 10.0. The van der Waals surface area contributed by atoms with Gasteiger partial charge in [-0.3, -0.25) is 9.59 Å². The Morgan fingerprint density at radius 2 is 1.80 bits per heavy atom. The van der Waals surface area contributed by atoms with Gasteiger partial charge < -0.3 is 15.0 Å². The molecule has 0 bridgehead atoms. The van der Waals surface area contributed by atoms with Crippen molar-refractivity contribution in [2.75, 3.05) is 26.2 Å². The summed E-state index contributed by atoms with van der Waals surface area (Å²) in [5, 5.41) is 7.60. The van der Waals surface area contributed by atoms with E-state index in [0.29, 0.717) is 31.7 Å². The summed E-state index contributed by atoms with van der Waals surface area (Å²) in [6.45, 7) is 1.51. The highest BCUT2D eigenvalue weighted by atomic mass is 16.5. The van der Waals surface area contributed by atoms with Crippen LogP contribution in [0.1, 0.15) is 16.9 Å². The highest BCUT2D eigenvalue weighted by Gasteiger charge is 2.44. The quantitative estimate of drug-likeness (QED) is 0.729. The van der Waals surface area contributed by atoms with Gasteiger partial charge in [-0.25, -0.2) is 4.68 Å². The Morgan fingerprint density at radius 3 is 2.50 bits per heavy atom. The zero-order chi connectivity index (χ0) is 20.6. The van der Waals surface area contributed by atoms with Crippen molar-refractivity contribution >= 4 is 11.8 Å². The van der Waals surface area contributed by atoms with Crippen LogP contribution in [0.2, 0.25) is 0 Å². The normalized spacial score (nSPS) is 21.1. The van der Waals surface area contributed by atoms with E-state index in [0.717, 1.165) is 16.9 Å². The van der Waals surface area contributed by atoms with Crippen LogP contribution in [0.25, 0.3) is 16.9 Å². The minimum absolute atomic E-state index is 0.0438. The molecule has 7 nitrogen and oxygen atoms in total. The van der Waals surface area contributed by atoms with Gasteiger partial charge in [-0.2, -0.15) is 5.10 Å². The lowest BCUT2D eigenvalue weighted by Gasteiger charge is -2.33. The number of carbonyl (C=O) groups is 2. The Kier molecular flexibility index (Phi) is 4.59. The van der Waals surface area contributed by atoms with Crippen LogP contribution in [0.15, 0.2) is 66.7 Å². The zero-order valence-corrected chi connectivity index (χ0v) is 16.5. The summed E-state index contributed by atoms with van der Waals surface area (Å²) in [7, 11) is 0. The van der Waals surface area contributed by atoms with Crippen LogP contribution in [0.5, 0.6) is 0 Å². The topological polar surface area (TPSA) is 76.5 Å². The summed E-state index contributed by atoms with van der Waals surface area (Å²) in [6, 6.07) is 21.3. The average Bonchev–Trinajstić information content (AvgIpc) is 3.42. The van der Waals surface area contributed by atoms with Crippen molar-refractivity contribution < 1.29 is 14.3 Å². The number of nitrogens with one attached hydrogen (secondary N) is 1. The number of hydrogen-bond acceptors (Lipinski definition) is 4. The van der Waals surface area contributed by atoms with E-state index in [1.807, 2.05) is 66.7 Å². The lowest BCUT2D eigenvalue weighted by molar-refractivity contribution is -0.141. The van der Waals surface area contributed by atoms with Crippen LogP contribution in [-0.4, -0.2) is 58.3 Å². The van der Waals surface area contributed by atoms with Gasteiger partial charge in [0.15, 0.2) is 0 Å². The molecule has 0 saturated carbocycles. The van der Waals surface area contributed by atoms with Crippen LogP contribution < -0.4 is 5.32 Å². The Morgan fingerprint density at radius 1 is 1.07 bits per heavy atom. The third-order valence-electron chi connectivity index (χ3n) is 5.72. The molecule has 0 radical (unpaired) electrons. The number of amides is 2. The average molecular weight is 402 g/mol. The van der Waals surface area contributed by atoms with Gasteiger partial charge in [-0.15, -0.1) is 0 Å². The molecule has 7 heteroatoms. The van der Waals surface area contributed by atoms with Crippen molar-refractivity contribution in [1.29, 1.82) is 0 Å². The fourth-order valence-corrected chi connectivity index (χ4v) is 4.07. The number of benzene rings is 2. The fourth-order valence-electron chi connectivity index (χ4n) is 4.07. The van der Waals surface area contributed by atoms with Crippen LogP contribution in [0.3, 0.4) is 0 Å². The van der Waals surface area contributed by atoms with E-state index < -0.39 is 5.60 Å². The molecule has 2 aliphatic heterocycles. The summed E-state index contributed by atoms with van der Waals surface area (Å²) < 4.78 is 7.52. The predicted molar refractivity (Wildman–Crippen MR) is 111 cm³/mol. The first-order valence-electron chi connectivity index (χ1n) is 10.0. The number of ether oxygens (including phenoxy) is 1. The van der Waals surface area contributed by atoms with E-state index in [1.165, 1.54) is 0 Å². The molecule has 5 rings (SSSR count). The van der Waals surface area contributed by atoms with E-state index in [2.05, 4.69) is 5.32 Å². The molecule has 1 aromatic heterocycles. The Balaban J connectivity index is 1.48. The Hall–Kier alpha value is -3.45. The molecular weight excluding hydrogens is 380 g/mol. The molecule has 2 aromatic carbocycles. The molecule has 1 spiro atoms. The van der Waals surface area contributed by atoms with Gasteiger partial charge in [-0.1, -0.05) is 48.5 Å². The monoisotopic (exact) mass is 402 g/mol. The molecule has 152 valence electrons. The van der Waals surface area contributed by atoms with E-state index >= 15 is 0 Å². The largest absolute Gasteiger partial charge is 0.361 e. The Labute approximate surface area is 174 Å². The molecular formula is C23H22N4O3. The van der Waals surface area contributed by atoms with Crippen LogP contribution in [-0.2, 0) is 9.53 Å². The number of carbonyl (C=O) groups excluding carboxylic acids is 2. The van der Waals surface area contributed by atoms with Crippen molar-refractivity contribution in [2.24, 2.45) is 0 Å². The lowest BCUT2D eigenvalue weighted by atomic mass is 10.0. The third kappa shape index (κ3) is 3.37. The molecule has 2 aliphatic rings. The van der Waals surface area contributed by atoms with Gasteiger partial charge in [0.1, 0.15) is 17.9 Å². The second kappa shape index (κ2) is 7.42. The van der Waals surface area contributed by atoms with E-state index in [1.54, 1.807) is 9.58 Å².